The molecule has 1 aromatic heterocycles. The normalized spacial score (nSPS) is 21.9. The number of hydrogen-bond donors (Lipinski definition) is 1. The van der Waals surface area contributed by atoms with Crippen LogP contribution in [0.1, 0.15) is 46.9 Å². The molecule has 226 valence electrons. The summed E-state index contributed by atoms with van der Waals surface area (Å²) in [6.07, 6.45) is 3.51. The van der Waals surface area contributed by atoms with Crippen LogP contribution in [0.4, 0.5) is 17.1 Å². The van der Waals surface area contributed by atoms with E-state index < -0.39 is 5.60 Å². The Morgan fingerprint density at radius 1 is 0.978 bits per heavy atom. The zero-order valence-corrected chi connectivity index (χ0v) is 25.0. The van der Waals surface area contributed by atoms with E-state index in [-0.39, 0.29) is 30.4 Å². The molecule has 0 saturated carbocycles. The summed E-state index contributed by atoms with van der Waals surface area (Å²) in [5.41, 5.74) is 4.46. The van der Waals surface area contributed by atoms with Gasteiger partial charge in [-0.15, -0.1) is 5.10 Å². The summed E-state index contributed by atoms with van der Waals surface area (Å²) >= 11 is 0. The molecule has 4 heterocycles. The number of carbonyl (C=O) groups excluding carboxylic acids is 2. The molecule has 1 N–H and O–H groups in total. The van der Waals surface area contributed by atoms with Crippen molar-refractivity contribution in [3.05, 3.63) is 114 Å². The summed E-state index contributed by atoms with van der Waals surface area (Å²) in [6.45, 7) is 3.13. The molecule has 0 aliphatic carbocycles. The fourth-order valence-electron chi connectivity index (χ4n) is 7.42. The Balaban J connectivity index is 1.17. The molecule has 3 aliphatic heterocycles. The summed E-state index contributed by atoms with van der Waals surface area (Å²) < 4.78 is 8.64. The van der Waals surface area contributed by atoms with Crippen molar-refractivity contribution in [2.75, 3.05) is 16.4 Å². The molecule has 3 aliphatic rings. The molecule has 1 spiro atoms. The standard InChI is InChI=1S/C36H33N5O4/c1-23-19-28(15-17-39-22-26(16-18-42)37-38-39)45-36(23)30-20-27(13-14-31(30)40(35(36)44)21-24-7-3-2-4-8-24)41-32-12-6-10-25-9-5-11-29(33(25)32)34(41)43/h2-14,20,22-23,28,42H,15-19,21H2,1H3/t23-,28+,36+/m0/s1. The van der Waals surface area contributed by atoms with Crippen LogP contribution in [0.2, 0.25) is 0 Å². The number of aryl methyl sites for hydroxylation is 1. The van der Waals surface area contributed by atoms with Gasteiger partial charge < -0.3 is 14.7 Å². The van der Waals surface area contributed by atoms with Gasteiger partial charge in [0.1, 0.15) is 0 Å². The van der Waals surface area contributed by atoms with Crippen molar-refractivity contribution in [3.63, 3.8) is 0 Å². The predicted molar refractivity (Wildman–Crippen MR) is 170 cm³/mol. The predicted octanol–water partition coefficient (Wildman–Crippen LogP) is 5.52. The molecule has 9 heteroatoms. The van der Waals surface area contributed by atoms with Crippen LogP contribution in [0.5, 0.6) is 0 Å². The summed E-state index contributed by atoms with van der Waals surface area (Å²) in [5.74, 6) is -0.245. The van der Waals surface area contributed by atoms with Crippen molar-refractivity contribution in [2.24, 2.45) is 5.92 Å². The fourth-order valence-corrected chi connectivity index (χ4v) is 7.42. The molecular weight excluding hydrogens is 566 g/mol. The van der Waals surface area contributed by atoms with Crippen molar-refractivity contribution in [1.29, 1.82) is 0 Å². The minimum atomic E-state index is -1.17. The highest BCUT2D eigenvalue weighted by Gasteiger charge is 2.60. The van der Waals surface area contributed by atoms with Gasteiger partial charge in [-0.05, 0) is 54.1 Å². The van der Waals surface area contributed by atoms with Crippen LogP contribution in [0.25, 0.3) is 10.8 Å². The molecule has 5 aromatic rings. The summed E-state index contributed by atoms with van der Waals surface area (Å²) in [6, 6.07) is 27.7. The van der Waals surface area contributed by atoms with E-state index in [9.17, 15) is 14.7 Å². The molecule has 2 amide bonds. The summed E-state index contributed by atoms with van der Waals surface area (Å²) in [5, 5.41) is 19.5. The lowest BCUT2D eigenvalue weighted by atomic mass is 9.82. The second-order valence-corrected chi connectivity index (χ2v) is 12.2. The molecule has 45 heavy (non-hydrogen) atoms. The van der Waals surface area contributed by atoms with E-state index in [0.29, 0.717) is 37.9 Å². The van der Waals surface area contributed by atoms with Gasteiger partial charge >= 0.3 is 0 Å². The molecule has 0 unspecified atom stereocenters. The van der Waals surface area contributed by atoms with Gasteiger partial charge in [0.25, 0.3) is 11.8 Å². The molecule has 8 rings (SSSR count). The molecule has 1 fully saturated rings. The number of aliphatic hydroxyl groups is 1. The lowest BCUT2D eigenvalue weighted by Crippen LogP contribution is -2.43. The number of fused-ring (bicyclic) bond motifs is 2. The number of rotatable bonds is 8. The second-order valence-electron chi connectivity index (χ2n) is 12.2. The fraction of sp³-hybridized carbons (Fsp3) is 0.278. The Morgan fingerprint density at radius 3 is 2.62 bits per heavy atom. The number of benzene rings is 4. The van der Waals surface area contributed by atoms with Crippen molar-refractivity contribution < 1.29 is 19.4 Å². The highest BCUT2D eigenvalue weighted by Crippen LogP contribution is 2.55. The zero-order chi connectivity index (χ0) is 30.7. The van der Waals surface area contributed by atoms with Gasteiger partial charge in [-0.2, -0.15) is 0 Å². The maximum Gasteiger partial charge on any atom is 0.264 e. The van der Waals surface area contributed by atoms with E-state index in [1.54, 1.807) is 9.58 Å². The Morgan fingerprint density at radius 2 is 1.80 bits per heavy atom. The number of aliphatic hydroxyl groups excluding tert-OH is 1. The van der Waals surface area contributed by atoms with Gasteiger partial charge in [-0.25, -0.2) is 0 Å². The average Bonchev–Trinajstić information content (AvgIpc) is 3.78. The maximum atomic E-state index is 14.6. The number of amides is 2. The Kier molecular flexibility index (Phi) is 6.54. The SMILES string of the molecule is C[C@H]1C[C@@H](CCn2cc(CCO)nn2)O[C@]12C(=O)N(Cc1ccccc1)c1ccc(N3C(=O)c4cccc5cccc3c45)cc12. The first kappa shape index (κ1) is 27.7. The van der Waals surface area contributed by atoms with Crippen LogP contribution in [0, 0.1) is 5.92 Å². The largest absolute Gasteiger partial charge is 0.396 e. The topological polar surface area (TPSA) is 101 Å². The van der Waals surface area contributed by atoms with Crippen LogP contribution in [0.15, 0.2) is 91.1 Å². The third-order valence-corrected chi connectivity index (χ3v) is 9.53. The third-order valence-electron chi connectivity index (χ3n) is 9.53. The molecule has 9 nitrogen and oxygen atoms in total. The number of anilines is 3. The van der Waals surface area contributed by atoms with Gasteiger partial charge in [-0.3, -0.25) is 19.2 Å². The van der Waals surface area contributed by atoms with E-state index in [2.05, 4.69) is 17.2 Å². The molecule has 4 aromatic carbocycles. The Bertz CT molecular complexity index is 1950. The van der Waals surface area contributed by atoms with Crippen LogP contribution in [0.3, 0.4) is 0 Å². The first-order chi connectivity index (χ1) is 22.0. The Labute approximate surface area is 260 Å². The van der Waals surface area contributed by atoms with E-state index >= 15 is 0 Å². The molecule has 3 atom stereocenters. The van der Waals surface area contributed by atoms with Crippen molar-refractivity contribution >= 4 is 39.6 Å². The molecule has 1 saturated heterocycles. The lowest BCUT2D eigenvalue weighted by Gasteiger charge is -2.29. The van der Waals surface area contributed by atoms with Crippen LogP contribution in [-0.2, 0) is 34.6 Å². The average molecular weight is 600 g/mol. The smallest absolute Gasteiger partial charge is 0.264 e. The third kappa shape index (κ3) is 4.29. The van der Waals surface area contributed by atoms with Crippen molar-refractivity contribution in [3.8, 4) is 0 Å². The summed E-state index contributed by atoms with van der Waals surface area (Å²) in [7, 11) is 0. The van der Waals surface area contributed by atoms with Gasteiger partial charge in [0, 0.05) is 48.3 Å². The highest BCUT2D eigenvalue weighted by molar-refractivity contribution is 6.28. The lowest BCUT2D eigenvalue weighted by molar-refractivity contribution is -0.146. The monoisotopic (exact) mass is 599 g/mol. The Hall–Kier alpha value is -4.86. The second kappa shape index (κ2) is 10.6. The molecule has 0 bridgehead atoms. The van der Waals surface area contributed by atoms with Crippen LogP contribution in [-0.4, -0.2) is 44.6 Å². The number of hydrogen-bond acceptors (Lipinski definition) is 6. The number of nitrogens with zero attached hydrogens (tertiary/aromatic N) is 5. The molecule has 0 radical (unpaired) electrons. The number of carbonyl (C=O) groups is 2. The van der Waals surface area contributed by atoms with E-state index in [4.69, 9.17) is 4.74 Å². The van der Waals surface area contributed by atoms with Gasteiger partial charge in [0.15, 0.2) is 5.60 Å². The van der Waals surface area contributed by atoms with Gasteiger partial charge in [-0.1, -0.05) is 66.7 Å². The van der Waals surface area contributed by atoms with Crippen molar-refractivity contribution in [2.45, 2.75) is 51.0 Å². The number of ether oxygens (including phenoxy) is 1. The number of aromatic nitrogens is 3. The maximum absolute atomic E-state index is 14.6. The quantitative estimate of drug-likeness (QED) is 0.252. The van der Waals surface area contributed by atoms with E-state index in [1.807, 2.05) is 96.0 Å². The van der Waals surface area contributed by atoms with E-state index in [0.717, 1.165) is 44.7 Å². The first-order valence-corrected chi connectivity index (χ1v) is 15.5. The van der Waals surface area contributed by atoms with E-state index in [1.165, 1.54) is 0 Å². The summed E-state index contributed by atoms with van der Waals surface area (Å²) in [4.78, 5) is 32.0. The minimum Gasteiger partial charge on any atom is -0.396 e. The minimum absolute atomic E-state index is 0.0255. The first-order valence-electron chi connectivity index (χ1n) is 15.5. The van der Waals surface area contributed by atoms with Crippen molar-refractivity contribution in [1.82, 2.24) is 15.0 Å². The van der Waals surface area contributed by atoms with Crippen LogP contribution < -0.4 is 9.80 Å². The van der Waals surface area contributed by atoms with Gasteiger partial charge in [0.2, 0.25) is 0 Å². The zero-order valence-electron chi connectivity index (χ0n) is 25.0. The molecular formula is C36H33N5O4. The highest BCUT2D eigenvalue weighted by atomic mass is 16.5. The van der Waals surface area contributed by atoms with Crippen LogP contribution >= 0.6 is 0 Å². The van der Waals surface area contributed by atoms with Gasteiger partial charge in [0.05, 0.1) is 35.3 Å².